The van der Waals surface area contributed by atoms with Crippen LogP contribution in [-0.4, -0.2) is 16.9 Å². The van der Waals surface area contributed by atoms with Gasteiger partial charge in [0.2, 0.25) is 0 Å². The van der Waals surface area contributed by atoms with Gasteiger partial charge in [-0.2, -0.15) is 0 Å². The highest BCUT2D eigenvalue weighted by atomic mass is 35.5. The Hall–Kier alpha value is 0.810. The molecule has 0 fully saturated rings. The molecule has 1 nitrogen and oxygen atoms in total. The van der Waals surface area contributed by atoms with Gasteiger partial charge in [0.05, 0.1) is 0 Å². The van der Waals surface area contributed by atoms with E-state index in [9.17, 15) is 4.57 Å². The molecule has 0 aliphatic rings. The number of unbranched alkanes of at least 4 members (excludes halogenated alkanes) is 2. The average molecular weight is 245 g/mol. The smallest absolute Gasteiger partial charge is 0.160 e. The molecule has 0 spiro atoms. The van der Waals surface area contributed by atoms with E-state index in [2.05, 4.69) is 13.8 Å². The molecule has 0 heterocycles. The van der Waals surface area contributed by atoms with E-state index >= 15 is 0 Å². The summed E-state index contributed by atoms with van der Waals surface area (Å²) in [5, 5.41) is 0. The minimum absolute atomic E-state index is 0.661. The van der Waals surface area contributed by atoms with Crippen molar-refractivity contribution in [2.45, 2.75) is 44.1 Å². The first-order chi connectivity index (χ1) is 6.06. The maximum absolute atomic E-state index is 12.2. The van der Waals surface area contributed by atoms with Gasteiger partial charge in [-0.25, -0.2) is 0 Å². The van der Waals surface area contributed by atoms with Gasteiger partial charge in [-0.15, -0.1) is 0 Å². The second-order valence-electron chi connectivity index (χ2n) is 3.38. The second-order valence-corrected chi connectivity index (χ2v) is 8.40. The summed E-state index contributed by atoms with van der Waals surface area (Å²) in [6, 6.07) is 0. The van der Waals surface area contributed by atoms with E-state index in [0.717, 1.165) is 25.7 Å². The predicted molar refractivity (Wildman–Crippen MR) is 62.7 cm³/mol. The van der Waals surface area contributed by atoms with Gasteiger partial charge in [0.1, 0.15) is 7.14 Å². The lowest BCUT2D eigenvalue weighted by Gasteiger charge is -2.18. The monoisotopic (exact) mass is 244 g/mol. The SMILES string of the molecule is CCCCP(=O)(CCCC)C(Cl)Cl. The molecule has 0 atom stereocenters. The number of rotatable bonds is 7. The Labute approximate surface area is 91.6 Å². The molecule has 13 heavy (non-hydrogen) atoms. The summed E-state index contributed by atoms with van der Waals surface area (Å²) >= 11 is 11.5. The van der Waals surface area contributed by atoms with Crippen LogP contribution in [0, 0.1) is 0 Å². The number of halogens is 2. The van der Waals surface area contributed by atoms with Crippen LogP contribution in [0.3, 0.4) is 0 Å². The summed E-state index contributed by atoms with van der Waals surface area (Å²) in [7, 11) is -2.29. The van der Waals surface area contributed by atoms with Crippen LogP contribution in [0.15, 0.2) is 0 Å². The van der Waals surface area contributed by atoms with Crippen molar-refractivity contribution in [1.82, 2.24) is 0 Å². The largest absolute Gasteiger partial charge is 0.321 e. The molecule has 0 unspecified atom stereocenters. The molecular weight excluding hydrogens is 226 g/mol. The molecule has 0 radical (unpaired) electrons. The van der Waals surface area contributed by atoms with Crippen LogP contribution in [0.25, 0.3) is 0 Å². The lowest BCUT2D eigenvalue weighted by molar-refractivity contribution is 0.571. The molecule has 0 aromatic carbocycles. The van der Waals surface area contributed by atoms with E-state index in [4.69, 9.17) is 23.2 Å². The van der Waals surface area contributed by atoms with Gasteiger partial charge in [0, 0.05) is 12.3 Å². The molecule has 0 aromatic heterocycles. The Morgan fingerprint density at radius 1 is 1.08 bits per heavy atom. The highest BCUT2D eigenvalue weighted by Gasteiger charge is 2.28. The Morgan fingerprint density at radius 2 is 1.46 bits per heavy atom. The molecule has 0 saturated heterocycles. The number of hydrogen-bond acceptors (Lipinski definition) is 1. The van der Waals surface area contributed by atoms with Crippen molar-refractivity contribution in [3.63, 3.8) is 0 Å². The van der Waals surface area contributed by atoms with Crippen LogP contribution in [0.4, 0.5) is 0 Å². The minimum atomic E-state index is -2.29. The summed E-state index contributed by atoms with van der Waals surface area (Å²) in [6.45, 7) is 4.17. The lowest BCUT2D eigenvalue weighted by atomic mass is 10.4. The van der Waals surface area contributed by atoms with Crippen molar-refractivity contribution in [2.24, 2.45) is 0 Å². The fraction of sp³-hybridized carbons (Fsp3) is 1.00. The first-order valence-corrected chi connectivity index (χ1v) is 7.94. The zero-order chi connectivity index (χ0) is 10.3. The quantitative estimate of drug-likeness (QED) is 0.468. The third kappa shape index (κ3) is 5.30. The van der Waals surface area contributed by atoms with Crippen molar-refractivity contribution in [3.8, 4) is 0 Å². The van der Waals surface area contributed by atoms with Gasteiger partial charge in [0.15, 0.2) is 4.58 Å². The third-order valence-corrected chi connectivity index (χ3v) is 7.13. The van der Waals surface area contributed by atoms with Crippen LogP contribution in [0.2, 0.25) is 0 Å². The van der Waals surface area contributed by atoms with Gasteiger partial charge in [-0.1, -0.05) is 49.9 Å². The van der Waals surface area contributed by atoms with Crippen molar-refractivity contribution >= 4 is 30.3 Å². The molecule has 0 rings (SSSR count). The van der Waals surface area contributed by atoms with Crippen LogP contribution < -0.4 is 0 Å². The topological polar surface area (TPSA) is 17.1 Å². The molecule has 0 saturated carbocycles. The summed E-state index contributed by atoms with van der Waals surface area (Å²) in [5.41, 5.74) is 0. The molecule has 80 valence electrons. The Balaban J connectivity index is 4.09. The van der Waals surface area contributed by atoms with Crippen molar-refractivity contribution in [2.75, 3.05) is 12.3 Å². The minimum Gasteiger partial charge on any atom is -0.321 e. The zero-order valence-corrected chi connectivity index (χ0v) is 10.8. The van der Waals surface area contributed by atoms with Gasteiger partial charge >= 0.3 is 0 Å². The Kier molecular flexibility index (Phi) is 7.59. The fourth-order valence-corrected chi connectivity index (χ4v) is 4.65. The molecule has 0 bridgehead atoms. The Morgan fingerprint density at radius 3 is 1.69 bits per heavy atom. The molecule has 0 aliphatic carbocycles. The van der Waals surface area contributed by atoms with E-state index in [-0.39, 0.29) is 0 Å². The second kappa shape index (κ2) is 7.15. The van der Waals surface area contributed by atoms with Crippen LogP contribution >= 0.6 is 30.3 Å². The summed E-state index contributed by atoms with van der Waals surface area (Å²) in [4.78, 5) is 0. The van der Waals surface area contributed by atoms with E-state index in [1.807, 2.05) is 0 Å². The zero-order valence-electron chi connectivity index (χ0n) is 8.43. The maximum Gasteiger partial charge on any atom is 0.160 e. The summed E-state index contributed by atoms with van der Waals surface area (Å²) in [5.74, 6) is 0. The van der Waals surface area contributed by atoms with Gasteiger partial charge in [0.25, 0.3) is 0 Å². The van der Waals surface area contributed by atoms with Gasteiger partial charge in [-0.3, -0.25) is 0 Å². The summed E-state index contributed by atoms with van der Waals surface area (Å²) in [6.07, 6.45) is 5.46. The normalized spacial score (nSPS) is 12.4. The number of alkyl halides is 2. The van der Waals surface area contributed by atoms with Crippen LogP contribution in [0.5, 0.6) is 0 Å². The highest BCUT2D eigenvalue weighted by molar-refractivity contribution is 7.68. The van der Waals surface area contributed by atoms with Crippen molar-refractivity contribution in [1.29, 1.82) is 0 Å². The van der Waals surface area contributed by atoms with Gasteiger partial charge < -0.3 is 4.57 Å². The van der Waals surface area contributed by atoms with E-state index < -0.39 is 11.7 Å². The molecule has 0 aliphatic heterocycles. The average Bonchev–Trinajstić information content (AvgIpc) is 2.11. The van der Waals surface area contributed by atoms with Gasteiger partial charge in [-0.05, 0) is 12.8 Å². The standard InChI is InChI=1S/C9H19Cl2OP/c1-3-5-7-13(12,9(10)11)8-6-4-2/h9H,3-8H2,1-2H3. The van der Waals surface area contributed by atoms with E-state index in [1.54, 1.807) is 0 Å². The predicted octanol–water partition coefficient (Wildman–Crippen LogP) is 4.71. The Bertz CT molecular complexity index is 159. The van der Waals surface area contributed by atoms with Crippen molar-refractivity contribution < 1.29 is 4.57 Å². The molecule has 4 heteroatoms. The lowest BCUT2D eigenvalue weighted by Crippen LogP contribution is -2.02. The third-order valence-electron chi connectivity index (χ3n) is 2.14. The maximum atomic E-state index is 12.2. The molecular formula is C9H19Cl2OP. The molecule has 0 aromatic rings. The first-order valence-electron chi connectivity index (χ1n) is 4.92. The fourth-order valence-electron chi connectivity index (χ4n) is 1.16. The van der Waals surface area contributed by atoms with Crippen LogP contribution in [0.1, 0.15) is 39.5 Å². The highest BCUT2D eigenvalue weighted by Crippen LogP contribution is 2.55. The molecule has 0 amide bonds. The van der Waals surface area contributed by atoms with Crippen LogP contribution in [-0.2, 0) is 4.57 Å². The first kappa shape index (κ1) is 13.8. The van der Waals surface area contributed by atoms with Crippen molar-refractivity contribution in [3.05, 3.63) is 0 Å². The molecule has 0 N–H and O–H groups in total. The summed E-state index contributed by atoms with van der Waals surface area (Å²) < 4.78 is 11.5. The van der Waals surface area contributed by atoms with E-state index in [1.165, 1.54) is 0 Å². The van der Waals surface area contributed by atoms with E-state index in [0.29, 0.717) is 12.3 Å². The number of hydrogen-bond donors (Lipinski definition) is 0.